The third-order valence-electron chi connectivity index (χ3n) is 5.80. The largest absolute Gasteiger partial charge is 0.497 e. The second kappa shape index (κ2) is 12.3. The lowest BCUT2D eigenvalue weighted by Gasteiger charge is -2.12. The van der Waals surface area contributed by atoms with E-state index in [1.807, 2.05) is 36.4 Å². The molecule has 1 amide bonds. The highest BCUT2D eigenvalue weighted by Crippen LogP contribution is 2.39. The van der Waals surface area contributed by atoms with E-state index in [4.69, 9.17) is 18.9 Å². The van der Waals surface area contributed by atoms with Crippen LogP contribution in [0.1, 0.15) is 5.56 Å². The van der Waals surface area contributed by atoms with E-state index in [9.17, 15) is 4.79 Å². The van der Waals surface area contributed by atoms with E-state index in [0.29, 0.717) is 23.8 Å². The van der Waals surface area contributed by atoms with Gasteiger partial charge in [-0.1, -0.05) is 18.2 Å². The summed E-state index contributed by atoms with van der Waals surface area (Å²) < 4.78 is 21.4. The lowest BCUT2D eigenvalue weighted by Crippen LogP contribution is -2.23. The molecule has 0 bridgehead atoms. The zero-order valence-corrected chi connectivity index (χ0v) is 22.1. The van der Waals surface area contributed by atoms with Crippen molar-refractivity contribution in [2.75, 3.05) is 40.7 Å². The minimum Gasteiger partial charge on any atom is -0.497 e. The van der Waals surface area contributed by atoms with Gasteiger partial charge in [-0.25, -0.2) is 0 Å². The van der Waals surface area contributed by atoms with Crippen LogP contribution in [0.15, 0.2) is 71.6 Å². The number of nitrogens with one attached hydrogen (secondary N) is 2. The fourth-order valence-electron chi connectivity index (χ4n) is 3.98. The molecule has 0 atom stereocenters. The van der Waals surface area contributed by atoms with Crippen LogP contribution >= 0.6 is 11.8 Å². The zero-order chi connectivity index (χ0) is 26.2. The molecule has 7 nitrogen and oxygen atoms in total. The average molecular weight is 519 g/mol. The Labute approximate surface area is 220 Å². The summed E-state index contributed by atoms with van der Waals surface area (Å²) in [6.45, 7) is 0.519. The Morgan fingerprint density at radius 1 is 0.919 bits per heavy atom. The van der Waals surface area contributed by atoms with Gasteiger partial charge in [0.05, 0.1) is 34.1 Å². The summed E-state index contributed by atoms with van der Waals surface area (Å²) in [6, 6.07) is 19.8. The van der Waals surface area contributed by atoms with Crippen molar-refractivity contribution in [2.24, 2.45) is 0 Å². The summed E-state index contributed by atoms with van der Waals surface area (Å²) in [5, 5.41) is 4.12. The van der Waals surface area contributed by atoms with Gasteiger partial charge in [0.1, 0.15) is 5.75 Å². The molecular formula is C29H30N2O5S. The van der Waals surface area contributed by atoms with Crippen LogP contribution in [-0.4, -0.2) is 51.6 Å². The second-order valence-corrected chi connectivity index (χ2v) is 9.14. The summed E-state index contributed by atoms with van der Waals surface area (Å²) in [5.74, 6) is 2.93. The van der Waals surface area contributed by atoms with Crippen molar-refractivity contribution in [1.82, 2.24) is 10.3 Å². The number of H-pyrrole nitrogens is 1. The molecule has 192 valence electrons. The highest BCUT2D eigenvalue weighted by atomic mass is 32.2. The number of benzene rings is 3. The molecule has 8 heteroatoms. The Hall–Kier alpha value is -4.04. The quantitative estimate of drug-likeness (QED) is 0.149. The number of thioether (sulfide) groups is 1. The van der Waals surface area contributed by atoms with E-state index >= 15 is 0 Å². The molecule has 3 aromatic carbocycles. The minimum atomic E-state index is -0.177. The maximum absolute atomic E-state index is 12.5. The number of methoxy groups -OCH3 is 4. The van der Waals surface area contributed by atoms with Crippen molar-refractivity contribution in [1.29, 1.82) is 0 Å². The number of aromatic nitrogens is 1. The monoisotopic (exact) mass is 518 g/mol. The van der Waals surface area contributed by atoms with Crippen LogP contribution in [0.2, 0.25) is 0 Å². The molecule has 0 saturated heterocycles. The van der Waals surface area contributed by atoms with Crippen molar-refractivity contribution in [3.8, 4) is 34.3 Å². The second-order valence-electron chi connectivity index (χ2n) is 8.03. The fraction of sp³-hybridized carbons (Fsp3) is 0.207. The van der Waals surface area contributed by atoms with Crippen molar-refractivity contribution in [3.05, 3.63) is 72.3 Å². The molecule has 0 saturated carbocycles. The summed E-state index contributed by atoms with van der Waals surface area (Å²) in [4.78, 5) is 17.2. The normalized spacial score (nSPS) is 11.0. The number of carbonyl (C=O) groups excluding carboxylic acids is 1. The first kappa shape index (κ1) is 26.0. The van der Waals surface area contributed by atoms with Gasteiger partial charge in [-0.15, -0.1) is 11.8 Å². The average Bonchev–Trinajstić information content (AvgIpc) is 3.32. The van der Waals surface area contributed by atoms with Crippen LogP contribution in [0, 0.1) is 0 Å². The lowest BCUT2D eigenvalue weighted by atomic mass is 10.1. The number of carbonyl (C=O) groups is 1. The van der Waals surface area contributed by atoms with Crippen molar-refractivity contribution < 1.29 is 23.7 Å². The molecule has 1 heterocycles. The molecule has 0 spiro atoms. The number of rotatable bonds is 11. The summed E-state index contributed by atoms with van der Waals surface area (Å²) in [7, 11) is 6.33. The van der Waals surface area contributed by atoms with E-state index in [2.05, 4.69) is 22.4 Å². The van der Waals surface area contributed by atoms with Crippen LogP contribution in [0.25, 0.3) is 28.2 Å². The molecule has 4 aromatic rings. The third kappa shape index (κ3) is 6.03. The van der Waals surface area contributed by atoms with E-state index in [1.165, 1.54) is 6.08 Å². The molecule has 0 radical (unpaired) electrons. The molecule has 0 aliphatic heterocycles. The summed E-state index contributed by atoms with van der Waals surface area (Å²) in [6.07, 6.45) is 3.22. The van der Waals surface area contributed by atoms with Crippen LogP contribution < -0.4 is 24.3 Å². The SMILES string of the molecule is COc1ccc(-c2[nH]c3ccccc3c2SCCNC(=O)C=Cc2cc(OC)c(OC)c(OC)c2)cc1. The minimum absolute atomic E-state index is 0.177. The predicted octanol–water partition coefficient (Wildman–Crippen LogP) is 5.79. The van der Waals surface area contributed by atoms with Gasteiger partial charge in [0, 0.05) is 34.2 Å². The number of hydrogen-bond donors (Lipinski definition) is 2. The molecule has 1 aromatic heterocycles. The number of ether oxygens (including phenoxy) is 4. The lowest BCUT2D eigenvalue weighted by molar-refractivity contribution is -0.116. The number of fused-ring (bicyclic) bond motifs is 1. The van der Waals surface area contributed by atoms with Gasteiger partial charge in [-0.2, -0.15) is 0 Å². The van der Waals surface area contributed by atoms with Gasteiger partial charge in [0.2, 0.25) is 11.7 Å². The van der Waals surface area contributed by atoms with Crippen LogP contribution in [0.4, 0.5) is 0 Å². The molecule has 37 heavy (non-hydrogen) atoms. The van der Waals surface area contributed by atoms with E-state index in [1.54, 1.807) is 58.4 Å². The maximum Gasteiger partial charge on any atom is 0.244 e. The van der Waals surface area contributed by atoms with Crippen molar-refractivity contribution in [2.45, 2.75) is 4.90 Å². The summed E-state index contributed by atoms with van der Waals surface area (Å²) in [5.41, 5.74) is 3.98. The van der Waals surface area contributed by atoms with Crippen molar-refractivity contribution in [3.63, 3.8) is 0 Å². The van der Waals surface area contributed by atoms with Gasteiger partial charge in [0.25, 0.3) is 0 Å². The molecule has 0 aliphatic rings. The number of hydrogen-bond acceptors (Lipinski definition) is 6. The van der Waals surface area contributed by atoms with Crippen LogP contribution in [-0.2, 0) is 4.79 Å². The van der Waals surface area contributed by atoms with Crippen LogP contribution in [0.5, 0.6) is 23.0 Å². The molecule has 0 fully saturated rings. The number of para-hydroxylation sites is 1. The van der Waals surface area contributed by atoms with E-state index < -0.39 is 0 Å². The molecular weight excluding hydrogens is 488 g/mol. The van der Waals surface area contributed by atoms with Crippen molar-refractivity contribution >= 4 is 34.6 Å². The Kier molecular flexibility index (Phi) is 8.64. The fourth-order valence-corrected chi connectivity index (χ4v) is 5.04. The van der Waals surface area contributed by atoms with Gasteiger partial charge >= 0.3 is 0 Å². The molecule has 2 N–H and O–H groups in total. The first-order chi connectivity index (χ1) is 18.1. The Morgan fingerprint density at radius 2 is 1.62 bits per heavy atom. The van der Waals surface area contributed by atoms with Gasteiger partial charge in [-0.3, -0.25) is 4.79 Å². The first-order valence-electron chi connectivity index (χ1n) is 11.7. The van der Waals surface area contributed by atoms with E-state index in [0.717, 1.165) is 44.1 Å². The first-order valence-corrected chi connectivity index (χ1v) is 12.7. The highest BCUT2D eigenvalue weighted by molar-refractivity contribution is 7.99. The van der Waals surface area contributed by atoms with Gasteiger partial charge in [0.15, 0.2) is 11.5 Å². The smallest absolute Gasteiger partial charge is 0.244 e. The topological polar surface area (TPSA) is 81.8 Å². The molecule has 0 aliphatic carbocycles. The van der Waals surface area contributed by atoms with Gasteiger partial charge in [-0.05, 0) is 59.7 Å². The summed E-state index contributed by atoms with van der Waals surface area (Å²) >= 11 is 1.71. The molecule has 4 rings (SSSR count). The predicted molar refractivity (Wildman–Crippen MR) is 149 cm³/mol. The van der Waals surface area contributed by atoms with E-state index in [-0.39, 0.29) is 5.91 Å². The number of aromatic amines is 1. The zero-order valence-electron chi connectivity index (χ0n) is 21.3. The Bertz CT molecular complexity index is 1370. The Balaban J connectivity index is 1.41. The standard InChI is InChI=1S/C29H30N2O5S/c1-33-21-12-10-20(11-13-21)27-29(22-7-5-6-8-23(22)31-27)37-16-15-30-26(32)14-9-19-17-24(34-2)28(36-4)25(18-19)35-3/h5-14,17-18,31H,15-16H2,1-4H3,(H,30,32). The van der Waals surface area contributed by atoms with Crippen LogP contribution in [0.3, 0.4) is 0 Å². The van der Waals surface area contributed by atoms with Gasteiger partial charge < -0.3 is 29.2 Å². The maximum atomic E-state index is 12.5. The number of amides is 1. The highest BCUT2D eigenvalue weighted by Gasteiger charge is 2.14. The molecule has 0 unspecified atom stereocenters. The third-order valence-corrected chi connectivity index (χ3v) is 6.92. The Morgan fingerprint density at radius 3 is 2.27 bits per heavy atom.